The van der Waals surface area contributed by atoms with Gasteiger partial charge in [0.25, 0.3) is 0 Å². The summed E-state index contributed by atoms with van der Waals surface area (Å²) in [6, 6.07) is 0. The molecule has 0 fully saturated rings. The second-order valence-electron chi connectivity index (χ2n) is 2.57. The molecular weight excluding hydrogens is 236 g/mol. The maximum atomic E-state index is 11.4. The van der Waals surface area contributed by atoms with Gasteiger partial charge in [-0.3, -0.25) is 9.59 Å². The van der Waals surface area contributed by atoms with Crippen LogP contribution in [0.3, 0.4) is 0 Å². The van der Waals surface area contributed by atoms with E-state index in [1.807, 2.05) is 0 Å². The van der Waals surface area contributed by atoms with Gasteiger partial charge in [0.05, 0.1) is 6.61 Å². The lowest BCUT2D eigenvalue weighted by molar-refractivity contribution is -0.148. The van der Waals surface area contributed by atoms with Crippen molar-refractivity contribution in [1.29, 1.82) is 0 Å². The molecule has 0 aliphatic rings. The molecule has 0 saturated carbocycles. The molecule has 0 aliphatic heterocycles. The summed E-state index contributed by atoms with van der Waals surface area (Å²) in [6.45, 7) is 6.78. The number of hydrogen-bond donors (Lipinski definition) is 0. The lowest BCUT2D eigenvalue weighted by Crippen LogP contribution is -2.40. The third kappa shape index (κ3) is 2.95. The molecule has 0 heterocycles. The fourth-order valence-corrected chi connectivity index (χ4v) is 1.16. The number of alkyl halides is 1. The Morgan fingerprint density at radius 2 is 2.15 bits per heavy atom. The normalized spacial score (nSPS) is 14.4. The second-order valence-corrected chi connectivity index (χ2v) is 3.92. The van der Waals surface area contributed by atoms with E-state index in [4.69, 9.17) is 4.74 Å². The van der Waals surface area contributed by atoms with E-state index in [0.717, 1.165) is 0 Å². The first-order valence-electron chi connectivity index (χ1n) is 3.97. The van der Waals surface area contributed by atoms with E-state index in [-0.39, 0.29) is 18.8 Å². The summed E-state index contributed by atoms with van der Waals surface area (Å²) in [7, 11) is 0. The highest BCUT2D eigenvalue weighted by Gasteiger charge is 2.40. The predicted octanol–water partition coefficient (Wildman–Crippen LogP) is 1.85. The maximum Gasteiger partial charge on any atom is 0.330 e. The van der Waals surface area contributed by atoms with Gasteiger partial charge >= 0.3 is 5.97 Å². The Morgan fingerprint density at radius 1 is 1.62 bits per heavy atom. The lowest BCUT2D eigenvalue weighted by atomic mass is 10.0. The summed E-state index contributed by atoms with van der Waals surface area (Å²) in [4.78, 5) is 22.5. The SMILES string of the molecule is C=CCC(Br)(C(C)=O)C(=O)OCC. The number of ether oxygens (including phenoxy) is 1. The van der Waals surface area contributed by atoms with Crippen LogP contribution in [0.5, 0.6) is 0 Å². The number of rotatable bonds is 5. The Labute approximate surface area is 86.3 Å². The molecule has 74 valence electrons. The van der Waals surface area contributed by atoms with E-state index in [1.165, 1.54) is 13.0 Å². The summed E-state index contributed by atoms with van der Waals surface area (Å²) in [5.41, 5.74) is 0. The number of ketones is 1. The number of Topliss-reactive ketones (excluding diaryl/α,β-unsaturated/α-hetero) is 1. The van der Waals surface area contributed by atoms with Crippen LogP contribution < -0.4 is 0 Å². The topological polar surface area (TPSA) is 43.4 Å². The quantitative estimate of drug-likeness (QED) is 0.323. The van der Waals surface area contributed by atoms with E-state index in [1.54, 1.807) is 6.92 Å². The second kappa shape index (κ2) is 5.17. The zero-order valence-corrected chi connectivity index (χ0v) is 9.39. The third-order valence-corrected chi connectivity index (χ3v) is 2.79. The molecule has 0 rings (SSSR count). The molecule has 0 N–H and O–H groups in total. The third-order valence-electron chi connectivity index (χ3n) is 1.58. The van der Waals surface area contributed by atoms with Crippen LogP contribution in [0.25, 0.3) is 0 Å². The molecule has 4 heteroatoms. The highest BCUT2D eigenvalue weighted by molar-refractivity contribution is 9.10. The van der Waals surface area contributed by atoms with Crippen LogP contribution in [0.2, 0.25) is 0 Å². The summed E-state index contributed by atoms with van der Waals surface area (Å²) in [5.74, 6) is -0.826. The van der Waals surface area contributed by atoms with E-state index in [2.05, 4.69) is 22.5 Å². The Hall–Kier alpha value is -0.640. The minimum Gasteiger partial charge on any atom is -0.465 e. The van der Waals surface area contributed by atoms with Gasteiger partial charge in [-0.05, 0) is 20.3 Å². The Balaban J connectivity index is 4.67. The molecule has 0 amide bonds. The van der Waals surface area contributed by atoms with E-state index in [9.17, 15) is 9.59 Å². The number of esters is 1. The van der Waals surface area contributed by atoms with Crippen LogP contribution in [0, 0.1) is 0 Å². The standard InChI is InChI=1S/C9H13BrO3/c1-4-6-9(10,7(3)11)8(12)13-5-2/h4H,1,5-6H2,2-3H3. The highest BCUT2D eigenvalue weighted by Crippen LogP contribution is 2.26. The lowest BCUT2D eigenvalue weighted by Gasteiger charge is -2.20. The van der Waals surface area contributed by atoms with E-state index in [0.29, 0.717) is 0 Å². The average molecular weight is 249 g/mol. The Bertz CT molecular complexity index is 225. The van der Waals surface area contributed by atoms with Gasteiger partial charge in [-0.25, -0.2) is 0 Å². The Kier molecular flexibility index (Phi) is 4.91. The fraction of sp³-hybridized carbons (Fsp3) is 0.556. The molecule has 0 aromatic rings. The van der Waals surface area contributed by atoms with Crippen molar-refractivity contribution in [1.82, 2.24) is 0 Å². The zero-order valence-electron chi connectivity index (χ0n) is 7.80. The molecule has 3 nitrogen and oxygen atoms in total. The smallest absolute Gasteiger partial charge is 0.330 e. The van der Waals surface area contributed by atoms with Crippen LogP contribution in [0.15, 0.2) is 12.7 Å². The Morgan fingerprint density at radius 3 is 2.46 bits per heavy atom. The van der Waals surface area contributed by atoms with Gasteiger partial charge in [0.2, 0.25) is 0 Å². The number of halogens is 1. The van der Waals surface area contributed by atoms with Crippen molar-refractivity contribution in [3.05, 3.63) is 12.7 Å². The number of carbonyl (C=O) groups excluding carboxylic acids is 2. The molecule has 0 aromatic carbocycles. The summed E-state index contributed by atoms with van der Waals surface area (Å²) in [5, 5.41) is 0. The predicted molar refractivity (Wildman–Crippen MR) is 53.8 cm³/mol. The van der Waals surface area contributed by atoms with Crippen molar-refractivity contribution >= 4 is 27.7 Å². The van der Waals surface area contributed by atoms with Gasteiger partial charge in [-0.1, -0.05) is 22.0 Å². The van der Waals surface area contributed by atoms with Gasteiger partial charge in [-0.2, -0.15) is 0 Å². The van der Waals surface area contributed by atoms with Gasteiger partial charge in [-0.15, -0.1) is 6.58 Å². The first-order chi connectivity index (χ1) is 5.99. The van der Waals surface area contributed by atoms with Crippen molar-refractivity contribution < 1.29 is 14.3 Å². The molecule has 0 aromatic heterocycles. The molecule has 1 atom stereocenters. The first kappa shape index (κ1) is 12.4. The van der Waals surface area contributed by atoms with Gasteiger partial charge < -0.3 is 4.74 Å². The largest absolute Gasteiger partial charge is 0.465 e. The molecule has 0 spiro atoms. The van der Waals surface area contributed by atoms with Crippen molar-refractivity contribution in [2.45, 2.75) is 24.6 Å². The average Bonchev–Trinajstić information content (AvgIpc) is 2.04. The zero-order chi connectivity index (χ0) is 10.5. The van der Waals surface area contributed by atoms with Crippen LogP contribution in [0.4, 0.5) is 0 Å². The molecule has 0 aliphatic carbocycles. The van der Waals surface area contributed by atoms with Crippen LogP contribution in [0.1, 0.15) is 20.3 Å². The van der Waals surface area contributed by atoms with Crippen LogP contribution in [-0.2, 0) is 14.3 Å². The number of hydrogen-bond acceptors (Lipinski definition) is 3. The summed E-state index contributed by atoms with van der Waals surface area (Å²) in [6.07, 6.45) is 1.74. The van der Waals surface area contributed by atoms with Crippen molar-refractivity contribution in [3.63, 3.8) is 0 Å². The summed E-state index contributed by atoms with van der Waals surface area (Å²) < 4.78 is 3.52. The molecule has 0 radical (unpaired) electrons. The van der Waals surface area contributed by atoms with Gasteiger partial charge in [0.15, 0.2) is 10.1 Å². The minimum absolute atomic E-state index is 0.237. The molecule has 0 saturated heterocycles. The van der Waals surface area contributed by atoms with Crippen molar-refractivity contribution in [2.24, 2.45) is 0 Å². The monoisotopic (exact) mass is 248 g/mol. The maximum absolute atomic E-state index is 11.4. The van der Waals surface area contributed by atoms with E-state index < -0.39 is 10.3 Å². The number of allylic oxidation sites excluding steroid dienone is 1. The van der Waals surface area contributed by atoms with Gasteiger partial charge in [0, 0.05) is 0 Å². The van der Waals surface area contributed by atoms with Crippen LogP contribution in [-0.4, -0.2) is 22.7 Å². The number of carbonyl (C=O) groups is 2. The molecule has 0 bridgehead atoms. The van der Waals surface area contributed by atoms with Gasteiger partial charge in [0.1, 0.15) is 0 Å². The van der Waals surface area contributed by atoms with Crippen LogP contribution >= 0.6 is 15.9 Å². The summed E-state index contributed by atoms with van der Waals surface area (Å²) >= 11 is 3.08. The minimum atomic E-state index is -1.25. The highest BCUT2D eigenvalue weighted by atomic mass is 79.9. The van der Waals surface area contributed by atoms with E-state index >= 15 is 0 Å². The molecule has 13 heavy (non-hydrogen) atoms. The fourth-order valence-electron chi connectivity index (χ4n) is 0.815. The molecular formula is C9H13BrO3. The van der Waals surface area contributed by atoms with Crippen molar-refractivity contribution in [2.75, 3.05) is 6.61 Å². The first-order valence-corrected chi connectivity index (χ1v) is 4.76. The molecule has 1 unspecified atom stereocenters. The van der Waals surface area contributed by atoms with Crippen molar-refractivity contribution in [3.8, 4) is 0 Å².